The van der Waals surface area contributed by atoms with Crippen LogP contribution in [0.1, 0.15) is 15.9 Å². The van der Waals surface area contributed by atoms with Gasteiger partial charge in [-0.25, -0.2) is 0 Å². The summed E-state index contributed by atoms with van der Waals surface area (Å²) >= 11 is 1.000. The number of nitrogens with two attached hydrogens (primary N) is 1. The molecule has 9 nitrogen and oxygen atoms in total. The van der Waals surface area contributed by atoms with Crippen LogP contribution in [-0.4, -0.2) is 32.3 Å². The van der Waals surface area contributed by atoms with Crippen LogP contribution in [0.15, 0.2) is 65.8 Å². The van der Waals surface area contributed by atoms with Gasteiger partial charge in [0.25, 0.3) is 5.69 Å². The summed E-state index contributed by atoms with van der Waals surface area (Å²) in [6.45, 7) is 0.573. The minimum absolute atomic E-state index is 0.0383. The third-order valence-electron chi connectivity index (χ3n) is 3.90. The van der Waals surface area contributed by atoms with Crippen molar-refractivity contribution in [2.75, 3.05) is 11.1 Å². The summed E-state index contributed by atoms with van der Waals surface area (Å²) in [5, 5.41) is 18.1. The topological polar surface area (TPSA) is 133 Å². The van der Waals surface area contributed by atoms with Crippen LogP contribution in [0.3, 0.4) is 0 Å². The normalized spacial score (nSPS) is 10.5. The second-order valence-electron chi connectivity index (χ2n) is 6.05. The lowest BCUT2D eigenvalue weighted by molar-refractivity contribution is -0.387. The molecule has 1 heterocycles. The van der Waals surface area contributed by atoms with Crippen LogP contribution in [0.4, 0.5) is 11.4 Å². The third-order valence-corrected chi connectivity index (χ3v) is 4.97. The first-order chi connectivity index (χ1) is 13.9. The van der Waals surface area contributed by atoms with Crippen molar-refractivity contribution in [3.63, 3.8) is 0 Å². The quantitative estimate of drug-likeness (QED) is 0.333. The highest BCUT2D eigenvalue weighted by molar-refractivity contribution is 8.00. The van der Waals surface area contributed by atoms with Gasteiger partial charge in [0.2, 0.25) is 11.8 Å². The van der Waals surface area contributed by atoms with Crippen molar-refractivity contribution in [3.8, 4) is 0 Å². The SMILES string of the molecule is NC(=O)c1ccc(SCC(=O)Nc2cnn(Cc3ccccc3)c2)c([N+](=O)[O-])c1. The second kappa shape index (κ2) is 9.02. The Morgan fingerprint density at radius 3 is 2.66 bits per heavy atom. The van der Waals surface area contributed by atoms with E-state index < -0.39 is 10.8 Å². The lowest BCUT2D eigenvalue weighted by Gasteiger charge is -2.05. The van der Waals surface area contributed by atoms with E-state index in [1.54, 1.807) is 10.9 Å². The molecule has 0 bridgehead atoms. The maximum atomic E-state index is 12.2. The number of rotatable bonds is 8. The van der Waals surface area contributed by atoms with Gasteiger partial charge in [-0.15, -0.1) is 11.8 Å². The van der Waals surface area contributed by atoms with Gasteiger partial charge in [-0.2, -0.15) is 5.10 Å². The zero-order valence-corrected chi connectivity index (χ0v) is 16.0. The number of carbonyl (C=O) groups is 2. The number of thioether (sulfide) groups is 1. The van der Waals surface area contributed by atoms with E-state index in [9.17, 15) is 19.7 Å². The molecule has 3 rings (SSSR count). The zero-order chi connectivity index (χ0) is 20.8. The minimum atomic E-state index is -0.755. The molecule has 148 valence electrons. The molecular weight excluding hydrogens is 394 g/mol. The molecule has 2 amide bonds. The highest BCUT2D eigenvalue weighted by Crippen LogP contribution is 2.30. The van der Waals surface area contributed by atoms with E-state index in [0.717, 1.165) is 23.4 Å². The van der Waals surface area contributed by atoms with E-state index >= 15 is 0 Å². The molecular formula is C19H17N5O4S. The first kappa shape index (κ1) is 20.1. The number of nitrogens with zero attached hydrogens (tertiary/aromatic N) is 3. The number of nitro groups is 1. The predicted octanol–water partition coefficient (Wildman–Crippen LogP) is 2.67. The summed E-state index contributed by atoms with van der Waals surface area (Å²) in [6, 6.07) is 13.7. The number of aromatic nitrogens is 2. The Hall–Kier alpha value is -3.66. The summed E-state index contributed by atoms with van der Waals surface area (Å²) in [5.74, 6) is -1.13. The molecule has 0 spiro atoms. The Balaban J connectivity index is 1.59. The molecule has 10 heteroatoms. The number of hydrogen-bond acceptors (Lipinski definition) is 6. The van der Waals surface area contributed by atoms with Gasteiger partial charge in [-0.1, -0.05) is 30.3 Å². The Bertz CT molecular complexity index is 1050. The summed E-state index contributed by atoms with van der Waals surface area (Å²) in [4.78, 5) is 34.3. The van der Waals surface area contributed by atoms with E-state index in [4.69, 9.17) is 5.73 Å². The molecule has 0 radical (unpaired) electrons. The Morgan fingerprint density at radius 1 is 1.21 bits per heavy atom. The van der Waals surface area contributed by atoms with Gasteiger partial charge in [0.15, 0.2) is 0 Å². The van der Waals surface area contributed by atoms with E-state index in [2.05, 4.69) is 10.4 Å². The van der Waals surface area contributed by atoms with E-state index in [1.165, 1.54) is 18.3 Å². The molecule has 0 unspecified atom stereocenters. The summed E-state index contributed by atoms with van der Waals surface area (Å²) in [7, 11) is 0. The fourth-order valence-corrected chi connectivity index (χ4v) is 3.37. The smallest absolute Gasteiger partial charge is 0.283 e. The standard InChI is InChI=1S/C19H17N5O4S/c20-19(26)14-6-7-17(16(8-14)24(27)28)29-12-18(25)22-15-9-21-23(11-15)10-13-4-2-1-3-5-13/h1-9,11H,10,12H2,(H2,20,26)(H,22,25). The molecule has 3 aromatic rings. The molecule has 0 aliphatic heterocycles. The molecule has 0 fully saturated rings. The number of carbonyl (C=O) groups excluding carboxylic acids is 2. The molecule has 0 atom stereocenters. The lowest BCUT2D eigenvalue weighted by Crippen LogP contribution is -2.14. The number of nitro benzene ring substituents is 1. The lowest BCUT2D eigenvalue weighted by atomic mass is 10.2. The Labute approximate surface area is 170 Å². The maximum Gasteiger partial charge on any atom is 0.283 e. The summed E-state index contributed by atoms with van der Waals surface area (Å²) in [6.07, 6.45) is 3.25. The second-order valence-corrected chi connectivity index (χ2v) is 7.07. The number of hydrogen-bond donors (Lipinski definition) is 2. The van der Waals surface area contributed by atoms with Crippen molar-refractivity contribution in [1.82, 2.24) is 9.78 Å². The van der Waals surface area contributed by atoms with Crippen LogP contribution in [0.25, 0.3) is 0 Å². The van der Waals surface area contributed by atoms with E-state index in [0.29, 0.717) is 12.2 Å². The van der Waals surface area contributed by atoms with Crippen molar-refractivity contribution in [2.24, 2.45) is 5.73 Å². The molecule has 0 saturated carbocycles. The Morgan fingerprint density at radius 2 is 1.97 bits per heavy atom. The number of benzene rings is 2. The number of nitrogens with one attached hydrogen (secondary N) is 1. The van der Waals surface area contributed by atoms with Gasteiger partial charge in [0.05, 0.1) is 34.0 Å². The molecule has 0 aliphatic rings. The van der Waals surface area contributed by atoms with Crippen LogP contribution in [-0.2, 0) is 11.3 Å². The molecule has 0 aliphatic carbocycles. The van der Waals surface area contributed by atoms with E-state index in [-0.39, 0.29) is 27.8 Å². The van der Waals surface area contributed by atoms with Gasteiger partial charge in [-0.3, -0.25) is 24.4 Å². The van der Waals surface area contributed by atoms with Crippen molar-refractivity contribution in [2.45, 2.75) is 11.4 Å². The molecule has 3 N–H and O–H groups in total. The molecule has 2 aromatic carbocycles. The number of anilines is 1. The fraction of sp³-hybridized carbons (Fsp3) is 0.105. The fourth-order valence-electron chi connectivity index (χ4n) is 2.56. The highest BCUT2D eigenvalue weighted by Gasteiger charge is 2.18. The first-order valence-corrected chi connectivity index (χ1v) is 9.48. The maximum absolute atomic E-state index is 12.2. The highest BCUT2D eigenvalue weighted by atomic mass is 32.2. The van der Waals surface area contributed by atoms with Crippen molar-refractivity contribution >= 4 is 35.0 Å². The van der Waals surface area contributed by atoms with Crippen molar-refractivity contribution in [3.05, 3.63) is 82.2 Å². The summed E-state index contributed by atoms with van der Waals surface area (Å²) in [5.41, 5.74) is 6.53. The van der Waals surface area contributed by atoms with Crippen molar-refractivity contribution < 1.29 is 14.5 Å². The van der Waals surface area contributed by atoms with Crippen LogP contribution in [0.5, 0.6) is 0 Å². The number of primary amides is 1. The average Bonchev–Trinajstić information content (AvgIpc) is 3.13. The minimum Gasteiger partial charge on any atom is -0.366 e. The molecule has 0 saturated heterocycles. The van der Waals surface area contributed by atoms with E-state index in [1.807, 2.05) is 30.3 Å². The van der Waals surface area contributed by atoms with Crippen LogP contribution in [0, 0.1) is 10.1 Å². The largest absolute Gasteiger partial charge is 0.366 e. The molecule has 1 aromatic heterocycles. The van der Waals surface area contributed by atoms with Crippen molar-refractivity contribution in [1.29, 1.82) is 0 Å². The first-order valence-electron chi connectivity index (χ1n) is 8.49. The zero-order valence-electron chi connectivity index (χ0n) is 15.1. The van der Waals surface area contributed by atoms with Gasteiger partial charge in [0, 0.05) is 17.8 Å². The third kappa shape index (κ3) is 5.42. The Kier molecular flexibility index (Phi) is 6.25. The predicted molar refractivity (Wildman–Crippen MR) is 109 cm³/mol. The monoisotopic (exact) mass is 411 g/mol. The van der Waals surface area contributed by atoms with Crippen LogP contribution < -0.4 is 11.1 Å². The van der Waals surface area contributed by atoms with Gasteiger partial charge >= 0.3 is 0 Å². The molecule has 29 heavy (non-hydrogen) atoms. The van der Waals surface area contributed by atoms with Gasteiger partial charge in [-0.05, 0) is 17.7 Å². The van der Waals surface area contributed by atoms with Gasteiger partial charge in [0.1, 0.15) is 0 Å². The van der Waals surface area contributed by atoms with Gasteiger partial charge < -0.3 is 11.1 Å². The summed E-state index contributed by atoms with van der Waals surface area (Å²) < 4.78 is 1.70. The van der Waals surface area contributed by atoms with Crippen LogP contribution >= 0.6 is 11.8 Å². The average molecular weight is 411 g/mol. The number of amides is 2. The van der Waals surface area contributed by atoms with Crippen LogP contribution in [0.2, 0.25) is 0 Å².